The Balaban J connectivity index is 1.48. The van der Waals surface area contributed by atoms with Gasteiger partial charge in [-0.3, -0.25) is 9.59 Å². The molecule has 0 saturated carbocycles. The average Bonchev–Trinajstić information content (AvgIpc) is 3.15. The van der Waals surface area contributed by atoms with Gasteiger partial charge in [-0.05, 0) is 42.0 Å². The normalized spacial score (nSPS) is 10.4. The molecular weight excluding hydrogens is 372 g/mol. The van der Waals surface area contributed by atoms with Gasteiger partial charge >= 0.3 is 0 Å². The van der Waals surface area contributed by atoms with Gasteiger partial charge in [-0.2, -0.15) is 4.98 Å². The predicted octanol–water partition coefficient (Wildman–Crippen LogP) is 3.20. The number of amides is 2. The molecule has 0 radical (unpaired) electrons. The van der Waals surface area contributed by atoms with E-state index in [2.05, 4.69) is 20.8 Å². The lowest BCUT2D eigenvalue weighted by atomic mass is 10.1. The Hall–Kier alpha value is -3.68. The number of aryl methyl sites for hydroxylation is 1. The van der Waals surface area contributed by atoms with Crippen molar-refractivity contribution < 1.29 is 18.8 Å². The minimum atomic E-state index is -0.136. The summed E-state index contributed by atoms with van der Waals surface area (Å²) in [5.74, 6) is 1.44. The summed E-state index contributed by atoms with van der Waals surface area (Å²) in [6.45, 7) is 1.46. The molecule has 0 unspecified atom stereocenters. The monoisotopic (exact) mass is 394 g/mol. The molecule has 8 nitrogen and oxygen atoms in total. The molecule has 0 fully saturated rings. The van der Waals surface area contributed by atoms with Crippen LogP contribution in [0.5, 0.6) is 5.75 Å². The van der Waals surface area contributed by atoms with E-state index in [4.69, 9.17) is 9.26 Å². The quantitative estimate of drug-likeness (QED) is 0.608. The molecule has 0 spiro atoms. The van der Waals surface area contributed by atoms with Gasteiger partial charge in [-0.25, -0.2) is 0 Å². The van der Waals surface area contributed by atoms with Crippen LogP contribution in [0.1, 0.15) is 30.6 Å². The number of carbonyl (C=O) groups excluding carboxylic acids is 2. The van der Waals surface area contributed by atoms with Crippen molar-refractivity contribution in [3.05, 3.63) is 65.8 Å². The van der Waals surface area contributed by atoms with Crippen LogP contribution in [0.15, 0.2) is 53.1 Å². The highest BCUT2D eigenvalue weighted by Gasteiger charge is 2.10. The van der Waals surface area contributed by atoms with Crippen molar-refractivity contribution in [2.45, 2.75) is 26.2 Å². The Kier molecular flexibility index (Phi) is 6.57. The Labute approximate surface area is 168 Å². The molecule has 0 bridgehead atoms. The molecular formula is C21H22N4O4. The molecule has 3 rings (SSSR count). The topological polar surface area (TPSA) is 106 Å². The average molecular weight is 394 g/mol. The molecule has 2 amide bonds. The summed E-state index contributed by atoms with van der Waals surface area (Å²) in [6, 6.07) is 14.5. The van der Waals surface area contributed by atoms with E-state index in [1.54, 1.807) is 31.4 Å². The molecule has 1 heterocycles. The van der Waals surface area contributed by atoms with Crippen molar-refractivity contribution in [3.63, 3.8) is 0 Å². The van der Waals surface area contributed by atoms with Crippen LogP contribution in [0.25, 0.3) is 0 Å². The van der Waals surface area contributed by atoms with E-state index >= 15 is 0 Å². The van der Waals surface area contributed by atoms with E-state index in [1.807, 2.05) is 24.3 Å². The highest BCUT2D eigenvalue weighted by Crippen LogP contribution is 2.16. The van der Waals surface area contributed by atoms with Gasteiger partial charge in [0.05, 0.1) is 7.11 Å². The number of aromatic nitrogens is 2. The molecule has 0 atom stereocenters. The zero-order valence-electron chi connectivity index (χ0n) is 16.3. The molecule has 2 N–H and O–H groups in total. The van der Waals surface area contributed by atoms with Gasteiger partial charge in [0, 0.05) is 37.6 Å². The summed E-state index contributed by atoms with van der Waals surface area (Å²) in [5, 5.41) is 9.49. The van der Waals surface area contributed by atoms with Crippen molar-refractivity contribution in [1.82, 2.24) is 10.1 Å². The lowest BCUT2D eigenvalue weighted by Gasteiger charge is -2.05. The summed E-state index contributed by atoms with van der Waals surface area (Å²) in [5.41, 5.74) is 2.42. The van der Waals surface area contributed by atoms with E-state index in [0.717, 1.165) is 17.0 Å². The molecule has 0 aliphatic rings. The summed E-state index contributed by atoms with van der Waals surface area (Å²) in [4.78, 5) is 27.5. The fourth-order valence-electron chi connectivity index (χ4n) is 2.67. The number of rotatable bonds is 8. The Morgan fingerprint density at radius 3 is 2.31 bits per heavy atom. The highest BCUT2D eigenvalue weighted by atomic mass is 16.5. The van der Waals surface area contributed by atoms with Gasteiger partial charge in [0.25, 0.3) is 0 Å². The third-order valence-corrected chi connectivity index (χ3v) is 4.09. The smallest absolute Gasteiger partial charge is 0.227 e. The van der Waals surface area contributed by atoms with E-state index in [-0.39, 0.29) is 18.2 Å². The first-order valence-electron chi connectivity index (χ1n) is 9.14. The van der Waals surface area contributed by atoms with E-state index in [0.29, 0.717) is 30.2 Å². The van der Waals surface area contributed by atoms with Gasteiger partial charge in [0.15, 0.2) is 5.82 Å². The molecule has 2 aromatic carbocycles. The zero-order valence-corrected chi connectivity index (χ0v) is 16.3. The molecule has 29 heavy (non-hydrogen) atoms. The lowest BCUT2D eigenvalue weighted by molar-refractivity contribution is -0.116. The fourth-order valence-corrected chi connectivity index (χ4v) is 2.67. The Morgan fingerprint density at radius 1 is 1.00 bits per heavy atom. The maximum absolute atomic E-state index is 12.1. The Bertz CT molecular complexity index is 965. The number of carbonyl (C=O) groups is 2. The first kappa shape index (κ1) is 20.1. The molecule has 0 aliphatic carbocycles. The zero-order chi connectivity index (χ0) is 20.6. The van der Waals surface area contributed by atoms with Crippen LogP contribution in [0, 0.1) is 0 Å². The van der Waals surface area contributed by atoms with Gasteiger partial charge < -0.3 is 19.9 Å². The van der Waals surface area contributed by atoms with E-state index < -0.39 is 0 Å². The number of anilines is 2. The number of hydrogen-bond acceptors (Lipinski definition) is 6. The largest absolute Gasteiger partial charge is 0.497 e. The number of methoxy groups -OCH3 is 1. The summed E-state index contributed by atoms with van der Waals surface area (Å²) < 4.78 is 10.3. The van der Waals surface area contributed by atoms with Crippen molar-refractivity contribution >= 4 is 23.2 Å². The van der Waals surface area contributed by atoms with Crippen LogP contribution in [0.3, 0.4) is 0 Å². The fraction of sp³-hybridized carbons (Fsp3) is 0.238. The number of ether oxygens (including phenoxy) is 1. The molecule has 0 aliphatic heterocycles. The van der Waals surface area contributed by atoms with Crippen LogP contribution >= 0.6 is 0 Å². The second-order valence-electron chi connectivity index (χ2n) is 6.44. The summed E-state index contributed by atoms with van der Waals surface area (Å²) in [7, 11) is 1.59. The van der Waals surface area contributed by atoms with Crippen LogP contribution in [-0.4, -0.2) is 29.1 Å². The SMILES string of the molecule is COc1ccc(NC(=O)CCc2nc(Cc3ccc(NC(C)=O)cc3)no2)cc1. The minimum absolute atomic E-state index is 0.114. The molecule has 1 aromatic heterocycles. The maximum atomic E-state index is 12.1. The third kappa shape index (κ3) is 6.17. The molecule has 8 heteroatoms. The van der Waals surface area contributed by atoms with Crippen LogP contribution in [0.2, 0.25) is 0 Å². The van der Waals surface area contributed by atoms with Crippen LogP contribution < -0.4 is 15.4 Å². The van der Waals surface area contributed by atoms with Gasteiger partial charge in [-0.1, -0.05) is 17.3 Å². The summed E-state index contributed by atoms with van der Waals surface area (Å²) in [6.07, 6.45) is 1.09. The lowest BCUT2D eigenvalue weighted by Crippen LogP contribution is -2.12. The Morgan fingerprint density at radius 2 is 1.66 bits per heavy atom. The second kappa shape index (κ2) is 9.50. The summed E-state index contributed by atoms with van der Waals surface area (Å²) >= 11 is 0. The highest BCUT2D eigenvalue weighted by molar-refractivity contribution is 5.90. The van der Waals surface area contributed by atoms with Crippen LogP contribution in [0.4, 0.5) is 11.4 Å². The van der Waals surface area contributed by atoms with Crippen molar-refractivity contribution in [2.75, 3.05) is 17.7 Å². The van der Waals surface area contributed by atoms with E-state index in [9.17, 15) is 9.59 Å². The minimum Gasteiger partial charge on any atom is -0.497 e. The maximum Gasteiger partial charge on any atom is 0.227 e. The first-order chi connectivity index (χ1) is 14.0. The van der Waals surface area contributed by atoms with Crippen LogP contribution in [-0.2, 0) is 22.4 Å². The van der Waals surface area contributed by atoms with Crippen molar-refractivity contribution in [3.8, 4) is 5.75 Å². The van der Waals surface area contributed by atoms with Crippen molar-refractivity contribution in [1.29, 1.82) is 0 Å². The van der Waals surface area contributed by atoms with Crippen molar-refractivity contribution in [2.24, 2.45) is 0 Å². The van der Waals surface area contributed by atoms with Gasteiger partial charge in [0.1, 0.15) is 5.75 Å². The standard InChI is InChI=1S/C21H22N4O4/c1-14(26)22-16-5-3-15(4-6-16)13-19-24-21(29-25-19)12-11-20(27)23-17-7-9-18(28-2)10-8-17/h3-10H,11-13H2,1-2H3,(H,22,26)(H,23,27). The molecule has 3 aromatic rings. The first-order valence-corrected chi connectivity index (χ1v) is 9.14. The predicted molar refractivity (Wildman–Crippen MR) is 108 cm³/mol. The molecule has 150 valence electrons. The second-order valence-corrected chi connectivity index (χ2v) is 6.44. The number of benzene rings is 2. The number of hydrogen-bond donors (Lipinski definition) is 2. The third-order valence-electron chi connectivity index (χ3n) is 4.09. The van der Waals surface area contributed by atoms with E-state index in [1.165, 1.54) is 6.92 Å². The molecule has 0 saturated heterocycles. The number of nitrogens with one attached hydrogen (secondary N) is 2. The number of nitrogens with zero attached hydrogens (tertiary/aromatic N) is 2. The van der Waals surface area contributed by atoms with Gasteiger partial charge in [-0.15, -0.1) is 0 Å². The van der Waals surface area contributed by atoms with Gasteiger partial charge in [0.2, 0.25) is 17.7 Å².